The second kappa shape index (κ2) is 6.34. The van der Waals surface area contributed by atoms with Gasteiger partial charge in [-0.05, 0) is 49.4 Å². The lowest BCUT2D eigenvalue weighted by Gasteiger charge is -2.07. The van der Waals surface area contributed by atoms with E-state index in [9.17, 15) is 4.79 Å². The third-order valence-electron chi connectivity index (χ3n) is 4.49. The Kier molecular flexibility index (Phi) is 3.68. The Hall–Kier alpha value is -3.94. The maximum Gasteiger partial charge on any atom is 0.255 e. The molecule has 4 aromatic rings. The van der Waals surface area contributed by atoms with Crippen LogP contribution in [0.1, 0.15) is 16.2 Å². The number of aromatic nitrogens is 4. The van der Waals surface area contributed by atoms with E-state index in [1.807, 2.05) is 43.3 Å². The van der Waals surface area contributed by atoms with Crippen molar-refractivity contribution < 1.29 is 14.3 Å². The molecule has 28 heavy (non-hydrogen) atoms. The first-order chi connectivity index (χ1) is 13.7. The highest BCUT2D eigenvalue weighted by atomic mass is 16.7. The molecule has 8 heteroatoms. The predicted octanol–water partition coefficient (Wildman–Crippen LogP) is 3.08. The number of anilines is 1. The van der Waals surface area contributed by atoms with E-state index in [-0.39, 0.29) is 12.7 Å². The highest BCUT2D eigenvalue weighted by Gasteiger charge is 2.16. The SMILES string of the molecule is Cc1nnc2ccc(-c3ccc(NC(=O)c4ccc5c(c4)OCO5)cc3)nn12. The molecule has 1 N–H and O–H groups in total. The molecule has 0 unspecified atom stereocenters. The molecule has 3 heterocycles. The average molecular weight is 373 g/mol. The Bertz CT molecular complexity index is 1200. The zero-order valence-corrected chi connectivity index (χ0v) is 14.9. The highest BCUT2D eigenvalue weighted by Crippen LogP contribution is 2.32. The zero-order chi connectivity index (χ0) is 19.1. The molecule has 1 amide bonds. The van der Waals surface area contributed by atoms with Crippen LogP contribution in [0.3, 0.4) is 0 Å². The van der Waals surface area contributed by atoms with Gasteiger partial charge in [0.15, 0.2) is 23.0 Å². The minimum Gasteiger partial charge on any atom is -0.454 e. The van der Waals surface area contributed by atoms with Crippen molar-refractivity contribution in [2.24, 2.45) is 0 Å². The van der Waals surface area contributed by atoms with Crippen molar-refractivity contribution in [3.8, 4) is 22.8 Å². The fourth-order valence-electron chi connectivity index (χ4n) is 3.02. The Morgan fingerprint density at radius 2 is 1.82 bits per heavy atom. The molecule has 0 bridgehead atoms. The van der Waals surface area contributed by atoms with Crippen molar-refractivity contribution in [3.63, 3.8) is 0 Å². The van der Waals surface area contributed by atoms with Crippen LogP contribution >= 0.6 is 0 Å². The monoisotopic (exact) mass is 373 g/mol. The van der Waals surface area contributed by atoms with Crippen molar-refractivity contribution in [1.82, 2.24) is 19.8 Å². The van der Waals surface area contributed by atoms with Crippen molar-refractivity contribution in [2.45, 2.75) is 6.92 Å². The molecule has 0 fully saturated rings. The molecule has 0 radical (unpaired) electrons. The summed E-state index contributed by atoms with van der Waals surface area (Å²) in [6.45, 7) is 2.03. The summed E-state index contributed by atoms with van der Waals surface area (Å²) in [5, 5.41) is 15.5. The van der Waals surface area contributed by atoms with Crippen LogP contribution in [0, 0.1) is 6.92 Å². The summed E-state index contributed by atoms with van der Waals surface area (Å²) in [5.41, 5.74) is 3.62. The summed E-state index contributed by atoms with van der Waals surface area (Å²) in [6, 6.07) is 16.4. The summed E-state index contributed by atoms with van der Waals surface area (Å²) in [6.07, 6.45) is 0. The number of benzene rings is 2. The van der Waals surface area contributed by atoms with Crippen LogP contribution in [0.4, 0.5) is 5.69 Å². The van der Waals surface area contributed by atoms with Crippen LogP contribution in [-0.2, 0) is 0 Å². The molecule has 5 rings (SSSR count). The molecule has 1 aliphatic heterocycles. The lowest BCUT2D eigenvalue weighted by atomic mass is 10.1. The number of rotatable bonds is 3. The summed E-state index contributed by atoms with van der Waals surface area (Å²) in [5.74, 6) is 1.73. The Labute approximate surface area is 159 Å². The van der Waals surface area contributed by atoms with Gasteiger partial charge in [0.25, 0.3) is 5.91 Å². The van der Waals surface area contributed by atoms with Crippen LogP contribution in [-0.4, -0.2) is 32.5 Å². The molecule has 138 valence electrons. The first-order valence-corrected chi connectivity index (χ1v) is 8.68. The molecule has 0 spiro atoms. The Morgan fingerprint density at radius 1 is 1.00 bits per heavy atom. The molecule has 8 nitrogen and oxygen atoms in total. The van der Waals surface area contributed by atoms with Crippen molar-refractivity contribution in [2.75, 3.05) is 12.1 Å². The molecular formula is C20H15N5O3. The first-order valence-electron chi connectivity index (χ1n) is 8.68. The maximum absolute atomic E-state index is 12.5. The fourth-order valence-corrected chi connectivity index (χ4v) is 3.02. The quantitative estimate of drug-likeness (QED) is 0.593. The minimum atomic E-state index is -0.217. The van der Waals surface area contributed by atoms with E-state index in [1.165, 1.54) is 0 Å². The van der Waals surface area contributed by atoms with Gasteiger partial charge >= 0.3 is 0 Å². The number of ether oxygens (including phenoxy) is 2. The van der Waals surface area contributed by atoms with E-state index >= 15 is 0 Å². The molecule has 0 saturated heterocycles. The number of nitrogens with zero attached hydrogens (tertiary/aromatic N) is 4. The van der Waals surface area contributed by atoms with Gasteiger partial charge in [0, 0.05) is 16.8 Å². The van der Waals surface area contributed by atoms with E-state index in [1.54, 1.807) is 22.7 Å². The van der Waals surface area contributed by atoms with Crippen LogP contribution in [0.2, 0.25) is 0 Å². The van der Waals surface area contributed by atoms with E-state index in [0.29, 0.717) is 28.4 Å². The number of hydrogen-bond acceptors (Lipinski definition) is 6. The molecule has 0 saturated carbocycles. The fraction of sp³-hybridized carbons (Fsp3) is 0.100. The van der Waals surface area contributed by atoms with Crippen LogP contribution in [0.5, 0.6) is 11.5 Å². The van der Waals surface area contributed by atoms with Gasteiger partial charge in [0.1, 0.15) is 0 Å². The summed E-state index contributed by atoms with van der Waals surface area (Å²) < 4.78 is 12.3. The van der Waals surface area contributed by atoms with E-state index in [4.69, 9.17) is 9.47 Å². The first kappa shape index (κ1) is 16.2. The lowest BCUT2D eigenvalue weighted by Crippen LogP contribution is -2.11. The molecule has 2 aromatic carbocycles. The topological polar surface area (TPSA) is 90.6 Å². The molecule has 0 atom stereocenters. The Balaban J connectivity index is 1.35. The summed E-state index contributed by atoms with van der Waals surface area (Å²) in [4.78, 5) is 12.5. The van der Waals surface area contributed by atoms with Gasteiger partial charge in [-0.1, -0.05) is 12.1 Å². The molecule has 1 aliphatic rings. The zero-order valence-electron chi connectivity index (χ0n) is 14.9. The van der Waals surface area contributed by atoms with Crippen molar-refractivity contribution in [3.05, 3.63) is 66.0 Å². The van der Waals surface area contributed by atoms with E-state index < -0.39 is 0 Å². The molecule has 2 aromatic heterocycles. The third kappa shape index (κ3) is 2.81. The number of carbonyl (C=O) groups excluding carboxylic acids is 1. The van der Waals surface area contributed by atoms with Crippen LogP contribution in [0.25, 0.3) is 16.9 Å². The maximum atomic E-state index is 12.5. The second-order valence-corrected chi connectivity index (χ2v) is 6.34. The van der Waals surface area contributed by atoms with Gasteiger partial charge in [-0.3, -0.25) is 4.79 Å². The van der Waals surface area contributed by atoms with Gasteiger partial charge in [-0.2, -0.15) is 9.61 Å². The van der Waals surface area contributed by atoms with Gasteiger partial charge < -0.3 is 14.8 Å². The largest absolute Gasteiger partial charge is 0.454 e. The van der Waals surface area contributed by atoms with Crippen LogP contribution in [0.15, 0.2) is 54.6 Å². The molecule has 0 aliphatic carbocycles. The highest BCUT2D eigenvalue weighted by molar-refractivity contribution is 6.04. The number of fused-ring (bicyclic) bond motifs is 2. The van der Waals surface area contributed by atoms with Gasteiger partial charge in [-0.15, -0.1) is 10.2 Å². The number of carbonyl (C=O) groups is 1. The Morgan fingerprint density at radius 3 is 2.68 bits per heavy atom. The normalized spacial score (nSPS) is 12.3. The van der Waals surface area contributed by atoms with Crippen molar-refractivity contribution in [1.29, 1.82) is 0 Å². The van der Waals surface area contributed by atoms with Gasteiger partial charge in [-0.25, -0.2) is 0 Å². The minimum absolute atomic E-state index is 0.177. The second-order valence-electron chi connectivity index (χ2n) is 6.34. The van der Waals surface area contributed by atoms with E-state index in [0.717, 1.165) is 17.1 Å². The number of amides is 1. The van der Waals surface area contributed by atoms with Gasteiger partial charge in [0.2, 0.25) is 6.79 Å². The van der Waals surface area contributed by atoms with E-state index in [2.05, 4.69) is 20.6 Å². The number of nitrogens with one attached hydrogen (secondary N) is 1. The number of hydrogen-bond donors (Lipinski definition) is 1. The van der Waals surface area contributed by atoms with Crippen LogP contribution < -0.4 is 14.8 Å². The summed E-state index contributed by atoms with van der Waals surface area (Å²) in [7, 11) is 0. The lowest BCUT2D eigenvalue weighted by molar-refractivity contribution is 0.102. The number of aryl methyl sites for hydroxylation is 1. The predicted molar refractivity (Wildman–Crippen MR) is 101 cm³/mol. The van der Waals surface area contributed by atoms with Crippen molar-refractivity contribution >= 4 is 17.2 Å². The third-order valence-corrected chi connectivity index (χ3v) is 4.49. The summed E-state index contributed by atoms with van der Waals surface area (Å²) >= 11 is 0. The average Bonchev–Trinajstić information content (AvgIpc) is 3.34. The standard InChI is InChI=1S/C20H15N5O3/c1-12-22-23-19-9-7-16(24-25(12)19)13-2-5-15(6-3-13)21-20(26)14-4-8-17-18(10-14)28-11-27-17/h2-10H,11H2,1H3,(H,21,26). The molecular weight excluding hydrogens is 358 g/mol. The van der Waals surface area contributed by atoms with Gasteiger partial charge in [0.05, 0.1) is 5.69 Å². The smallest absolute Gasteiger partial charge is 0.255 e.